The molecule has 0 bridgehead atoms. The first-order valence-electron chi connectivity index (χ1n) is 11.1. The van der Waals surface area contributed by atoms with E-state index < -0.39 is 17.8 Å². The molecule has 0 saturated carbocycles. The number of amides is 3. The molecule has 1 aromatic heterocycles. The lowest BCUT2D eigenvalue weighted by Crippen LogP contribution is -2.52. The van der Waals surface area contributed by atoms with Crippen LogP contribution in [0.2, 0.25) is 0 Å². The van der Waals surface area contributed by atoms with E-state index in [0.717, 1.165) is 30.0 Å². The second kappa shape index (κ2) is 8.51. The smallest absolute Gasteiger partial charge is 0.255 e. The monoisotopic (exact) mass is 452 g/mol. The summed E-state index contributed by atoms with van der Waals surface area (Å²) in [5.74, 6) is -1.64. The first-order valence-corrected chi connectivity index (χ1v) is 11.1. The van der Waals surface area contributed by atoms with Crippen LogP contribution in [0.15, 0.2) is 24.5 Å². The molecule has 0 aliphatic carbocycles. The molecule has 172 valence electrons. The number of piperidine rings is 1. The third-order valence-electron chi connectivity index (χ3n) is 6.53. The van der Waals surface area contributed by atoms with Crippen molar-refractivity contribution in [3.8, 4) is 0 Å². The van der Waals surface area contributed by atoms with E-state index >= 15 is 0 Å². The number of imide groups is 1. The predicted molar refractivity (Wildman–Crippen MR) is 117 cm³/mol. The van der Waals surface area contributed by atoms with Crippen molar-refractivity contribution in [2.45, 2.75) is 38.9 Å². The second-order valence-electron chi connectivity index (χ2n) is 8.76. The quantitative estimate of drug-likeness (QED) is 0.692. The number of piperazine rings is 1. The summed E-state index contributed by atoms with van der Waals surface area (Å²) in [6.45, 7) is 5.74. The van der Waals surface area contributed by atoms with Crippen molar-refractivity contribution in [2.75, 3.05) is 31.1 Å². The molecule has 9 nitrogen and oxygen atoms in total. The maximum Gasteiger partial charge on any atom is 0.255 e. The summed E-state index contributed by atoms with van der Waals surface area (Å²) in [6, 6.07) is 2.01. The molecule has 3 aliphatic rings. The van der Waals surface area contributed by atoms with Crippen LogP contribution in [0, 0.1) is 12.7 Å². The van der Waals surface area contributed by atoms with Crippen molar-refractivity contribution in [2.24, 2.45) is 0 Å². The molecule has 0 radical (unpaired) electrons. The molecule has 1 N–H and O–H groups in total. The van der Waals surface area contributed by atoms with E-state index in [2.05, 4.69) is 25.1 Å². The Hall–Kier alpha value is -3.40. The molecule has 4 heterocycles. The highest BCUT2D eigenvalue weighted by Gasteiger charge is 2.41. The minimum absolute atomic E-state index is 0.186. The third-order valence-corrected chi connectivity index (χ3v) is 6.53. The Morgan fingerprint density at radius 3 is 2.58 bits per heavy atom. The van der Waals surface area contributed by atoms with Crippen LogP contribution < -0.4 is 10.2 Å². The van der Waals surface area contributed by atoms with Crippen molar-refractivity contribution in [3.63, 3.8) is 0 Å². The van der Waals surface area contributed by atoms with Gasteiger partial charge in [0.25, 0.3) is 5.91 Å². The SMILES string of the molecule is Cc1cnc(CN2CCN(c3cc(F)cc4c3CN(C3CCC(=O)NC3=O)C4=O)CC2)cn1. The minimum Gasteiger partial charge on any atom is -0.369 e. The molecule has 3 aliphatic heterocycles. The van der Waals surface area contributed by atoms with Gasteiger partial charge in [0.2, 0.25) is 11.8 Å². The fourth-order valence-electron chi connectivity index (χ4n) is 4.77. The van der Waals surface area contributed by atoms with Crippen molar-refractivity contribution < 1.29 is 18.8 Å². The number of fused-ring (bicyclic) bond motifs is 1. The van der Waals surface area contributed by atoms with Crippen LogP contribution in [-0.4, -0.2) is 69.7 Å². The number of aryl methyl sites for hydroxylation is 1. The van der Waals surface area contributed by atoms with Gasteiger partial charge in [0.1, 0.15) is 11.9 Å². The van der Waals surface area contributed by atoms with Gasteiger partial charge in [0.15, 0.2) is 0 Å². The molecule has 5 rings (SSSR count). The van der Waals surface area contributed by atoms with Crippen LogP contribution >= 0.6 is 0 Å². The van der Waals surface area contributed by atoms with E-state index in [4.69, 9.17) is 0 Å². The third kappa shape index (κ3) is 4.18. The number of carbonyl (C=O) groups excluding carboxylic acids is 3. The lowest BCUT2D eigenvalue weighted by atomic mass is 10.0. The number of carbonyl (C=O) groups is 3. The zero-order valence-electron chi connectivity index (χ0n) is 18.4. The summed E-state index contributed by atoms with van der Waals surface area (Å²) in [7, 11) is 0. The lowest BCUT2D eigenvalue weighted by molar-refractivity contribution is -0.136. The molecule has 2 fully saturated rings. The van der Waals surface area contributed by atoms with Gasteiger partial charge in [-0.2, -0.15) is 0 Å². The first kappa shape index (κ1) is 21.4. The van der Waals surface area contributed by atoms with Gasteiger partial charge in [0, 0.05) is 74.9 Å². The van der Waals surface area contributed by atoms with Crippen molar-refractivity contribution in [1.29, 1.82) is 0 Å². The second-order valence-corrected chi connectivity index (χ2v) is 8.76. The molecular weight excluding hydrogens is 427 g/mol. The van der Waals surface area contributed by atoms with Gasteiger partial charge in [0.05, 0.1) is 11.4 Å². The predicted octanol–water partition coefficient (Wildman–Crippen LogP) is 1.01. The molecule has 10 heteroatoms. The van der Waals surface area contributed by atoms with Crippen LogP contribution in [0.3, 0.4) is 0 Å². The van der Waals surface area contributed by atoms with Crippen LogP contribution in [-0.2, 0) is 22.7 Å². The molecule has 1 unspecified atom stereocenters. The Bertz CT molecular complexity index is 1110. The summed E-state index contributed by atoms with van der Waals surface area (Å²) in [5.41, 5.74) is 3.52. The van der Waals surface area contributed by atoms with E-state index in [9.17, 15) is 18.8 Å². The number of hydrogen-bond donors (Lipinski definition) is 1. The van der Waals surface area contributed by atoms with Crippen molar-refractivity contribution >= 4 is 23.4 Å². The normalized spacial score (nSPS) is 21.4. The molecule has 1 aromatic carbocycles. The highest BCUT2D eigenvalue weighted by Crippen LogP contribution is 2.35. The summed E-state index contributed by atoms with van der Waals surface area (Å²) in [6.07, 6.45) is 4.01. The van der Waals surface area contributed by atoms with Gasteiger partial charge in [-0.05, 0) is 25.5 Å². The summed E-state index contributed by atoms with van der Waals surface area (Å²) in [4.78, 5) is 51.4. The molecule has 3 amide bonds. The number of halogens is 1. The first-order chi connectivity index (χ1) is 15.9. The average Bonchev–Trinajstić information content (AvgIpc) is 3.11. The number of hydrogen-bond acceptors (Lipinski definition) is 7. The lowest BCUT2D eigenvalue weighted by Gasteiger charge is -2.37. The maximum atomic E-state index is 14.5. The van der Waals surface area contributed by atoms with Crippen LogP contribution in [0.1, 0.15) is 40.2 Å². The van der Waals surface area contributed by atoms with Gasteiger partial charge < -0.3 is 9.80 Å². The number of benzene rings is 1. The van der Waals surface area contributed by atoms with E-state index in [-0.39, 0.29) is 31.2 Å². The Morgan fingerprint density at radius 1 is 1.09 bits per heavy atom. The average molecular weight is 452 g/mol. The Balaban J connectivity index is 1.31. The zero-order valence-corrected chi connectivity index (χ0v) is 18.4. The standard InChI is InChI=1S/C23H25FN6O3/c1-14-10-26-16(11-25-14)12-28-4-6-29(7-5-28)20-9-15(24)8-17-18(20)13-30(23(17)33)19-2-3-21(31)27-22(19)32/h8-11,19H,2-7,12-13H2,1H3,(H,27,31,32). The molecular formula is C23H25FN6O3. The zero-order chi connectivity index (χ0) is 23.1. The highest BCUT2D eigenvalue weighted by molar-refractivity contribution is 6.06. The summed E-state index contributed by atoms with van der Waals surface area (Å²) >= 11 is 0. The number of nitrogens with zero attached hydrogens (tertiary/aromatic N) is 5. The van der Waals surface area contributed by atoms with Crippen LogP contribution in [0.5, 0.6) is 0 Å². The maximum absolute atomic E-state index is 14.5. The van der Waals surface area contributed by atoms with Crippen LogP contribution in [0.4, 0.5) is 10.1 Å². The minimum atomic E-state index is -0.717. The Morgan fingerprint density at radius 2 is 1.88 bits per heavy atom. The molecule has 33 heavy (non-hydrogen) atoms. The number of nitrogens with one attached hydrogen (secondary N) is 1. The van der Waals surface area contributed by atoms with E-state index in [0.29, 0.717) is 30.9 Å². The van der Waals surface area contributed by atoms with Gasteiger partial charge >= 0.3 is 0 Å². The number of rotatable bonds is 4. The van der Waals surface area contributed by atoms with Gasteiger partial charge in [-0.1, -0.05) is 0 Å². The van der Waals surface area contributed by atoms with Crippen molar-refractivity contribution in [3.05, 3.63) is 52.9 Å². The topological polar surface area (TPSA) is 98.7 Å². The van der Waals surface area contributed by atoms with E-state index in [1.165, 1.54) is 17.0 Å². The summed E-state index contributed by atoms with van der Waals surface area (Å²) in [5, 5.41) is 2.30. The molecule has 2 aromatic rings. The Labute approximate surface area is 190 Å². The largest absolute Gasteiger partial charge is 0.369 e. The molecule has 2 saturated heterocycles. The number of anilines is 1. The summed E-state index contributed by atoms with van der Waals surface area (Å²) < 4.78 is 14.5. The van der Waals surface area contributed by atoms with Gasteiger partial charge in [-0.3, -0.25) is 34.6 Å². The molecule has 1 atom stereocenters. The van der Waals surface area contributed by atoms with E-state index in [1.807, 2.05) is 6.92 Å². The van der Waals surface area contributed by atoms with Gasteiger partial charge in [-0.15, -0.1) is 0 Å². The van der Waals surface area contributed by atoms with Gasteiger partial charge in [-0.25, -0.2) is 4.39 Å². The fraction of sp³-hybridized carbons (Fsp3) is 0.435. The number of aromatic nitrogens is 2. The fourth-order valence-corrected chi connectivity index (χ4v) is 4.77. The Kier molecular flexibility index (Phi) is 5.53. The van der Waals surface area contributed by atoms with Crippen molar-refractivity contribution in [1.82, 2.24) is 25.1 Å². The van der Waals surface area contributed by atoms with Crippen LogP contribution in [0.25, 0.3) is 0 Å². The highest BCUT2D eigenvalue weighted by atomic mass is 19.1. The van der Waals surface area contributed by atoms with E-state index in [1.54, 1.807) is 12.4 Å². The molecule has 0 spiro atoms.